The van der Waals surface area contributed by atoms with Crippen molar-refractivity contribution in [3.05, 3.63) is 33.8 Å². The highest BCUT2D eigenvalue weighted by atomic mass is 32.1. The van der Waals surface area contributed by atoms with E-state index < -0.39 is 0 Å². The number of hydrogen-bond acceptors (Lipinski definition) is 3. The minimum atomic E-state index is 0.411. The molecule has 2 aromatic rings. The Morgan fingerprint density at radius 1 is 1.21 bits per heavy atom. The molecule has 0 amide bonds. The topological polar surface area (TPSA) is 12.0 Å². The van der Waals surface area contributed by atoms with Crippen molar-refractivity contribution < 1.29 is 0 Å². The Bertz CT molecular complexity index is 655. The van der Waals surface area contributed by atoms with E-state index in [1.54, 1.807) is 0 Å². The quantitative estimate of drug-likeness (QED) is 0.637. The van der Waals surface area contributed by atoms with Gasteiger partial charge in [-0.05, 0) is 72.8 Å². The molecule has 24 heavy (non-hydrogen) atoms. The summed E-state index contributed by atoms with van der Waals surface area (Å²) in [7, 11) is 0. The van der Waals surface area contributed by atoms with Gasteiger partial charge >= 0.3 is 0 Å². The van der Waals surface area contributed by atoms with Gasteiger partial charge in [-0.3, -0.25) is 0 Å². The van der Waals surface area contributed by atoms with Crippen LogP contribution in [-0.4, -0.2) is 5.54 Å². The molecule has 0 spiro atoms. The van der Waals surface area contributed by atoms with Crippen molar-refractivity contribution in [1.29, 1.82) is 0 Å². The first-order chi connectivity index (χ1) is 11.7. The molecule has 0 aliphatic heterocycles. The predicted octanol–water partition coefficient (Wildman–Crippen LogP) is 6.56. The van der Waals surface area contributed by atoms with Crippen molar-refractivity contribution >= 4 is 22.7 Å². The number of thiophene rings is 2. The van der Waals surface area contributed by atoms with Gasteiger partial charge in [-0.1, -0.05) is 26.3 Å². The maximum Gasteiger partial charge on any atom is 0.0351 e. The fourth-order valence-corrected chi connectivity index (χ4v) is 6.95. The third kappa shape index (κ3) is 3.49. The molecule has 3 heteroatoms. The first-order valence-corrected chi connectivity index (χ1v) is 11.3. The van der Waals surface area contributed by atoms with Crippen LogP contribution in [0, 0.1) is 17.8 Å². The van der Waals surface area contributed by atoms with Crippen LogP contribution in [0.15, 0.2) is 29.0 Å². The zero-order valence-corrected chi connectivity index (χ0v) is 16.5. The van der Waals surface area contributed by atoms with Crippen LogP contribution in [0.4, 0.5) is 0 Å². The fourth-order valence-electron chi connectivity index (χ4n) is 5.34. The number of hydrogen-bond donors (Lipinski definition) is 1. The fraction of sp³-hybridized carbons (Fsp3) is 0.619. The molecule has 2 saturated carbocycles. The van der Waals surface area contributed by atoms with Crippen LogP contribution in [0.3, 0.4) is 0 Å². The number of fused-ring (bicyclic) bond motifs is 2. The number of rotatable bonds is 5. The number of nitrogens with one attached hydrogen (secondary N) is 1. The summed E-state index contributed by atoms with van der Waals surface area (Å²) in [5.41, 5.74) is 1.81. The van der Waals surface area contributed by atoms with E-state index in [9.17, 15) is 0 Å². The lowest BCUT2D eigenvalue weighted by molar-refractivity contribution is 0.0477. The second-order valence-electron chi connectivity index (χ2n) is 8.24. The van der Waals surface area contributed by atoms with E-state index in [1.807, 2.05) is 22.7 Å². The molecule has 130 valence electrons. The molecule has 2 aliphatic carbocycles. The Morgan fingerprint density at radius 2 is 2.12 bits per heavy atom. The smallest absolute Gasteiger partial charge is 0.0351 e. The molecule has 4 rings (SSSR count). The normalized spacial score (nSPS) is 32.8. The van der Waals surface area contributed by atoms with Gasteiger partial charge in [0.2, 0.25) is 0 Å². The molecule has 0 radical (unpaired) electrons. The summed E-state index contributed by atoms with van der Waals surface area (Å²) < 4.78 is 0. The Labute approximate surface area is 154 Å². The standard InChI is InChI=1S/C21H29NS2/c1-3-16-8-17-7-15(2)10-21(11-16,12-17)22-13-19-9-18(14-24-19)20-5-4-6-23-20/h4-6,9,14-17,22H,3,7-8,10-13H2,1-2H3. The first-order valence-electron chi connectivity index (χ1n) is 9.52. The van der Waals surface area contributed by atoms with Crippen LogP contribution in [-0.2, 0) is 6.54 Å². The summed E-state index contributed by atoms with van der Waals surface area (Å²) >= 11 is 3.75. The molecule has 2 aromatic heterocycles. The Kier molecular flexibility index (Phi) is 4.86. The Hall–Kier alpha value is -0.640. The van der Waals surface area contributed by atoms with Gasteiger partial charge in [-0.15, -0.1) is 22.7 Å². The van der Waals surface area contributed by atoms with Gasteiger partial charge in [0.1, 0.15) is 0 Å². The van der Waals surface area contributed by atoms with Crippen LogP contribution in [0.25, 0.3) is 10.4 Å². The molecule has 1 N–H and O–H groups in total. The molecular weight excluding hydrogens is 330 g/mol. The summed E-state index contributed by atoms with van der Waals surface area (Å²) in [5.74, 6) is 2.79. The van der Waals surface area contributed by atoms with E-state index in [1.165, 1.54) is 53.8 Å². The van der Waals surface area contributed by atoms with Crippen molar-refractivity contribution in [3.8, 4) is 10.4 Å². The van der Waals surface area contributed by atoms with E-state index in [-0.39, 0.29) is 0 Å². The van der Waals surface area contributed by atoms with E-state index in [2.05, 4.69) is 48.1 Å². The maximum absolute atomic E-state index is 4.05. The van der Waals surface area contributed by atoms with Crippen molar-refractivity contribution in [3.63, 3.8) is 0 Å². The average molecular weight is 360 g/mol. The van der Waals surface area contributed by atoms with Crippen molar-refractivity contribution in [2.24, 2.45) is 17.8 Å². The molecule has 0 aromatic carbocycles. The molecule has 2 bridgehead atoms. The van der Waals surface area contributed by atoms with Gasteiger partial charge in [0.25, 0.3) is 0 Å². The van der Waals surface area contributed by atoms with Gasteiger partial charge < -0.3 is 5.32 Å². The van der Waals surface area contributed by atoms with Gasteiger partial charge in [-0.25, -0.2) is 0 Å². The highest BCUT2D eigenvalue weighted by Crippen LogP contribution is 2.48. The van der Waals surface area contributed by atoms with Crippen molar-refractivity contribution in [2.45, 2.75) is 64.5 Å². The van der Waals surface area contributed by atoms with E-state index in [4.69, 9.17) is 0 Å². The molecule has 2 aliphatic rings. The third-order valence-electron chi connectivity index (χ3n) is 6.17. The molecule has 4 unspecified atom stereocenters. The lowest BCUT2D eigenvalue weighted by atomic mass is 9.60. The summed E-state index contributed by atoms with van der Waals surface area (Å²) in [6, 6.07) is 6.76. The SMILES string of the molecule is CCC1CC2CC(C)CC(NCc3cc(-c4cccs4)cs3)(C1)C2. The van der Waals surface area contributed by atoms with E-state index in [0.29, 0.717) is 5.54 Å². The zero-order chi connectivity index (χ0) is 16.6. The third-order valence-corrected chi connectivity index (χ3v) is 8.03. The minimum Gasteiger partial charge on any atom is -0.306 e. The molecule has 0 saturated heterocycles. The van der Waals surface area contributed by atoms with Crippen LogP contribution < -0.4 is 5.32 Å². The largest absolute Gasteiger partial charge is 0.306 e. The summed E-state index contributed by atoms with van der Waals surface area (Å²) in [4.78, 5) is 2.88. The second-order valence-corrected chi connectivity index (χ2v) is 10.2. The van der Waals surface area contributed by atoms with Crippen LogP contribution in [0.5, 0.6) is 0 Å². The average Bonchev–Trinajstić information content (AvgIpc) is 3.23. The van der Waals surface area contributed by atoms with Gasteiger partial charge in [0, 0.05) is 27.4 Å². The zero-order valence-electron chi connectivity index (χ0n) is 14.9. The van der Waals surface area contributed by atoms with Gasteiger partial charge in [0.05, 0.1) is 0 Å². The minimum absolute atomic E-state index is 0.411. The van der Waals surface area contributed by atoms with Gasteiger partial charge in [-0.2, -0.15) is 0 Å². The summed E-state index contributed by atoms with van der Waals surface area (Å²) in [6.45, 7) is 5.90. The van der Waals surface area contributed by atoms with E-state index in [0.717, 1.165) is 24.3 Å². The molecule has 2 fully saturated rings. The highest BCUT2D eigenvalue weighted by Gasteiger charge is 2.44. The molecular formula is C21H29NS2. The van der Waals surface area contributed by atoms with Crippen molar-refractivity contribution in [2.75, 3.05) is 0 Å². The lowest BCUT2D eigenvalue weighted by Crippen LogP contribution is -2.54. The predicted molar refractivity (Wildman–Crippen MR) is 107 cm³/mol. The Balaban J connectivity index is 1.45. The van der Waals surface area contributed by atoms with E-state index >= 15 is 0 Å². The highest BCUT2D eigenvalue weighted by molar-refractivity contribution is 7.14. The van der Waals surface area contributed by atoms with Crippen molar-refractivity contribution in [1.82, 2.24) is 5.32 Å². The molecule has 4 atom stereocenters. The van der Waals surface area contributed by atoms with Crippen LogP contribution in [0.2, 0.25) is 0 Å². The second kappa shape index (κ2) is 6.93. The monoisotopic (exact) mass is 359 g/mol. The summed E-state index contributed by atoms with van der Waals surface area (Å²) in [5, 5.41) is 8.54. The maximum atomic E-state index is 4.05. The van der Waals surface area contributed by atoms with Gasteiger partial charge in [0.15, 0.2) is 0 Å². The molecule has 1 nitrogen and oxygen atoms in total. The van der Waals surface area contributed by atoms with Crippen LogP contribution in [0.1, 0.15) is 57.2 Å². The molecule has 2 heterocycles. The Morgan fingerprint density at radius 3 is 2.92 bits per heavy atom. The first kappa shape index (κ1) is 16.8. The lowest BCUT2D eigenvalue weighted by Gasteiger charge is -2.51. The summed E-state index contributed by atoms with van der Waals surface area (Å²) in [6.07, 6.45) is 8.48. The van der Waals surface area contributed by atoms with Crippen LogP contribution >= 0.6 is 22.7 Å².